The number of fused-ring (bicyclic) bond motifs is 5. The molecule has 0 spiro atoms. The summed E-state index contributed by atoms with van der Waals surface area (Å²) in [5, 5.41) is 109. The van der Waals surface area contributed by atoms with Crippen molar-refractivity contribution in [1.29, 1.82) is 0 Å². The molecule has 15 nitrogen and oxygen atoms in total. The molecule has 11 N–H and O–H groups in total. The molecular weight excluding hydrogens is 740 g/mol. The van der Waals surface area contributed by atoms with Crippen LogP contribution in [0.15, 0.2) is 0 Å². The zero-order valence-corrected chi connectivity index (χ0v) is 34.6. The van der Waals surface area contributed by atoms with E-state index in [2.05, 4.69) is 26.1 Å². The second-order valence-electron chi connectivity index (χ2n) is 19.3. The molecule has 5 fully saturated rings. The van der Waals surface area contributed by atoms with Crippen LogP contribution in [0.25, 0.3) is 0 Å². The van der Waals surface area contributed by atoms with E-state index in [1.807, 2.05) is 0 Å². The zero-order valence-electron chi connectivity index (χ0n) is 34.6. The van der Waals surface area contributed by atoms with Crippen molar-refractivity contribution in [2.24, 2.45) is 58.2 Å². The summed E-state index contributed by atoms with van der Waals surface area (Å²) in [4.78, 5) is 27.7. The monoisotopic (exact) mass is 815 g/mol. The zero-order chi connectivity index (χ0) is 42.1. The number of hydrogen-bond acceptors (Lipinski definition) is 13. The fraction of sp³-hybridized carbons (Fsp3) is 0.952. The van der Waals surface area contributed by atoms with Crippen LogP contribution < -0.4 is 5.32 Å². The Morgan fingerprint density at radius 3 is 2.28 bits per heavy atom. The molecule has 15 unspecified atom stereocenters. The van der Waals surface area contributed by atoms with Gasteiger partial charge in [0.1, 0.15) is 6.10 Å². The van der Waals surface area contributed by atoms with Crippen molar-refractivity contribution in [3.63, 3.8) is 0 Å². The molecule has 0 radical (unpaired) electrons. The fourth-order valence-corrected chi connectivity index (χ4v) is 12.6. The average molecular weight is 815 g/mol. The van der Waals surface area contributed by atoms with Crippen LogP contribution in [0, 0.1) is 58.2 Å². The Kier molecular flexibility index (Phi) is 15.6. The fourth-order valence-electron chi connectivity index (χ4n) is 12.6. The van der Waals surface area contributed by atoms with Crippen molar-refractivity contribution < 1.29 is 65.4 Å². The smallest absolute Gasteiger partial charge is 0.251 e. The highest BCUT2D eigenvalue weighted by Crippen LogP contribution is 2.68. The third-order valence-electron chi connectivity index (χ3n) is 16.3. The first kappa shape index (κ1) is 46.6. The van der Waals surface area contributed by atoms with E-state index in [4.69, 9.17) is 4.74 Å². The Labute approximate surface area is 337 Å². The van der Waals surface area contributed by atoms with E-state index in [0.29, 0.717) is 38.6 Å². The molecule has 1 aliphatic heterocycles. The van der Waals surface area contributed by atoms with Gasteiger partial charge in [0.2, 0.25) is 5.91 Å². The van der Waals surface area contributed by atoms with Crippen LogP contribution in [-0.4, -0.2) is 162 Å². The third kappa shape index (κ3) is 9.24. The summed E-state index contributed by atoms with van der Waals surface area (Å²) in [6.07, 6.45) is -4.44. The van der Waals surface area contributed by atoms with Crippen molar-refractivity contribution in [3.05, 3.63) is 0 Å². The Morgan fingerprint density at radius 2 is 1.61 bits per heavy atom. The maximum absolute atomic E-state index is 13.2. The predicted octanol–water partition coefficient (Wildman–Crippen LogP) is -0.472. The molecule has 330 valence electrons. The van der Waals surface area contributed by atoms with Gasteiger partial charge >= 0.3 is 0 Å². The molecule has 0 aromatic heterocycles. The summed E-state index contributed by atoms with van der Waals surface area (Å²) < 4.78 is 5.60. The van der Waals surface area contributed by atoms with Gasteiger partial charge in [0.15, 0.2) is 6.10 Å². The van der Waals surface area contributed by atoms with E-state index < -0.39 is 85.9 Å². The Balaban J connectivity index is 1.07. The molecule has 1 saturated heterocycles. The van der Waals surface area contributed by atoms with Crippen molar-refractivity contribution in [2.45, 2.75) is 159 Å². The maximum Gasteiger partial charge on any atom is 0.251 e. The standard InChI is InChI=1S/C42H74N2O13/c1-21(26-8-9-27-35-28(18-33(50)42(26,27)4)41(3)12-11-24(47)15-23(41)16-29(35)48)7-10-34(51)44(5)14-6-13-43-40(56)39(55)38(54)25(30(49)19-45)17-31-36(52)22(2)37(53)32(20-46)57-31/h21-33,35-39,45-50,52-55H,6-20H2,1-5H3,(H,43,56)/t21?,22?,23?,24-,25?,26?,27?,28?,29-,30?,31?,32?,33+,35?,36?,37?,38?,39?,41+,42-/m1/s1. The molecule has 20 atom stereocenters. The van der Waals surface area contributed by atoms with Gasteiger partial charge in [0.25, 0.3) is 5.91 Å². The van der Waals surface area contributed by atoms with Gasteiger partial charge in [-0.05, 0) is 111 Å². The summed E-state index contributed by atoms with van der Waals surface area (Å²) >= 11 is 0. The number of carbonyl (C=O) groups excluding carboxylic acids is 2. The summed E-state index contributed by atoms with van der Waals surface area (Å²) in [5.41, 5.74) is -0.341. The molecule has 2 amide bonds. The lowest BCUT2D eigenvalue weighted by Crippen LogP contribution is -2.62. The molecule has 4 saturated carbocycles. The van der Waals surface area contributed by atoms with Gasteiger partial charge in [-0.3, -0.25) is 9.59 Å². The number of carbonyl (C=O) groups is 2. The van der Waals surface area contributed by atoms with E-state index in [-0.39, 0.29) is 71.3 Å². The number of aliphatic hydroxyl groups is 10. The van der Waals surface area contributed by atoms with Crippen molar-refractivity contribution in [1.82, 2.24) is 10.2 Å². The number of aliphatic hydroxyl groups excluding tert-OH is 10. The SMILES string of the molecule is CC(CCC(=O)N(C)CCCNC(=O)C(O)C(O)C(CC1OC(CO)C(O)C(C)C1O)C(O)CO)C1CCC2C3C(C[C@H](O)[C@]12C)[C@@]1(C)CC[C@@H](O)CC1C[C@H]3O. The molecule has 5 rings (SSSR count). The molecule has 0 bridgehead atoms. The minimum atomic E-state index is -2.00. The van der Waals surface area contributed by atoms with E-state index in [1.54, 1.807) is 18.9 Å². The second-order valence-corrected chi connectivity index (χ2v) is 19.3. The lowest BCUT2D eigenvalue weighted by atomic mass is 9.43. The maximum atomic E-state index is 13.2. The lowest BCUT2D eigenvalue weighted by molar-refractivity contribution is -0.216. The third-order valence-corrected chi connectivity index (χ3v) is 16.3. The first-order valence-corrected chi connectivity index (χ1v) is 21.6. The number of nitrogens with one attached hydrogen (secondary N) is 1. The van der Waals surface area contributed by atoms with Crippen LogP contribution in [0.1, 0.15) is 98.3 Å². The number of amides is 2. The van der Waals surface area contributed by atoms with Gasteiger partial charge in [-0.2, -0.15) is 0 Å². The predicted molar refractivity (Wildman–Crippen MR) is 208 cm³/mol. The van der Waals surface area contributed by atoms with E-state index in [0.717, 1.165) is 32.1 Å². The summed E-state index contributed by atoms with van der Waals surface area (Å²) in [6, 6.07) is 0. The van der Waals surface area contributed by atoms with Crippen LogP contribution in [0.2, 0.25) is 0 Å². The summed E-state index contributed by atoms with van der Waals surface area (Å²) in [7, 11) is 1.69. The topological polar surface area (TPSA) is 261 Å². The van der Waals surface area contributed by atoms with Crippen LogP contribution >= 0.6 is 0 Å². The highest BCUT2D eigenvalue weighted by Gasteiger charge is 2.65. The molecule has 5 aliphatic rings. The molecule has 57 heavy (non-hydrogen) atoms. The Morgan fingerprint density at radius 1 is 0.930 bits per heavy atom. The second kappa shape index (κ2) is 19.0. The molecule has 1 heterocycles. The first-order chi connectivity index (χ1) is 26.8. The quantitative estimate of drug-likeness (QED) is 0.0883. The van der Waals surface area contributed by atoms with Crippen LogP contribution in [0.4, 0.5) is 0 Å². The van der Waals surface area contributed by atoms with Crippen molar-refractivity contribution in [2.75, 3.05) is 33.4 Å². The Bertz CT molecular complexity index is 1340. The first-order valence-electron chi connectivity index (χ1n) is 21.6. The van der Waals surface area contributed by atoms with Gasteiger partial charge in [-0.15, -0.1) is 0 Å². The number of nitrogens with zero attached hydrogens (tertiary/aromatic N) is 1. The Hall–Kier alpha value is -1.50. The number of hydrogen-bond donors (Lipinski definition) is 11. The summed E-state index contributed by atoms with van der Waals surface area (Å²) in [6.45, 7) is 7.32. The number of ether oxygens (including phenoxy) is 1. The lowest BCUT2D eigenvalue weighted by Gasteiger charge is -2.63. The highest BCUT2D eigenvalue weighted by molar-refractivity contribution is 5.81. The minimum absolute atomic E-state index is 0.01000. The molecule has 0 aromatic rings. The van der Waals surface area contributed by atoms with Gasteiger partial charge in [-0.1, -0.05) is 27.7 Å². The van der Waals surface area contributed by atoms with E-state index in [9.17, 15) is 60.7 Å². The van der Waals surface area contributed by atoms with Crippen LogP contribution in [0.5, 0.6) is 0 Å². The van der Waals surface area contributed by atoms with Crippen molar-refractivity contribution >= 4 is 11.8 Å². The van der Waals surface area contributed by atoms with Gasteiger partial charge in [0.05, 0.1) is 62.0 Å². The normalized spacial score (nSPS) is 43.1. The largest absolute Gasteiger partial charge is 0.394 e. The highest BCUT2D eigenvalue weighted by atomic mass is 16.5. The van der Waals surface area contributed by atoms with Gasteiger partial charge < -0.3 is 66.0 Å². The molecule has 0 aromatic carbocycles. The van der Waals surface area contributed by atoms with E-state index >= 15 is 0 Å². The van der Waals surface area contributed by atoms with E-state index in [1.165, 1.54) is 0 Å². The molecule has 15 heteroatoms. The molecular formula is C42H74N2O13. The van der Waals surface area contributed by atoms with Crippen LogP contribution in [0.3, 0.4) is 0 Å². The number of rotatable bonds is 16. The van der Waals surface area contributed by atoms with Gasteiger partial charge in [-0.25, -0.2) is 0 Å². The van der Waals surface area contributed by atoms with Crippen molar-refractivity contribution in [3.8, 4) is 0 Å². The molecule has 4 aliphatic carbocycles. The van der Waals surface area contributed by atoms with Gasteiger partial charge in [0, 0.05) is 38.4 Å². The summed E-state index contributed by atoms with van der Waals surface area (Å²) in [5.74, 6) is -1.78. The van der Waals surface area contributed by atoms with Crippen LogP contribution in [-0.2, 0) is 14.3 Å². The average Bonchev–Trinajstić information content (AvgIpc) is 3.55. The minimum Gasteiger partial charge on any atom is -0.394 e.